The molecular formula is C14H22N2O3S. The van der Waals surface area contributed by atoms with Gasteiger partial charge in [0.05, 0.1) is 31.9 Å². The first-order chi connectivity index (χ1) is 9.36. The number of rotatable bonds is 4. The summed E-state index contributed by atoms with van der Waals surface area (Å²) in [6.07, 6.45) is 0.0629. The fourth-order valence-electron chi connectivity index (χ4n) is 2.26. The van der Waals surface area contributed by atoms with E-state index < -0.39 is 5.97 Å². The summed E-state index contributed by atoms with van der Waals surface area (Å²) in [7, 11) is 0. The Morgan fingerprint density at radius 1 is 1.40 bits per heavy atom. The van der Waals surface area contributed by atoms with Gasteiger partial charge in [-0.05, 0) is 0 Å². The number of ether oxygens (including phenoxy) is 1. The Bertz CT molecular complexity index is 473. The quantitative estimate of drug-likeness (QED) is 0.920. The highest BCUT2D eigenvalue weighted by Crippen LogP contribution is 2.30. The third kappa shape index (κ3) is 4.01. The lowest BCUT2D eigenvalue weighted by Crippen LogP contribution is -2.35. The molecule has 6 heteroatoms. The zero-order valence-electron chi connectivity index (χ0n) is 12.3. The Labute approximate surface area is 123 Å². The van der Waals surface area contributed by atoms with Crippen molar-refractivity contribution in [2.75, 3.05) is 26.3 Å². The Morgan fingerprint density at radius 3 is 2.60 bits per heavy atom. The van der Waals surface area contributed by atoms with Gasteiger partial charge in [0.1, 0.15) is 5.01 Å². The van der Waals surface area contributed by atoms with Crippen LogP contribution in [-0.4, -0.2) is 47.3 Å². The van der Waals surface area contributed by atoms with Crippen molar-refractivity contribution in [2.45, 2.75) is 39.2 Å². The summed E-state index contributed by atoms with van der Waals surface area (Å²) in [6, 6.07) is 0. The number of aromatic nitrogens is 1. The van der Waals surface area contributed by atoms with E-state index in [0.29, 0.717) is 0 Å². The molecule has 0 bridgehead atoms. The average Bonchev–Trinajstić information content (AvgIpc) is 2.72. The van der Waals surface area contributed by atoms with Crippen LogP contribution in [0.3, 0.4) is 0 Å². The number of aliphatic carboxylic acids is 1. The Kier molecular flexibility index (Phi) is 4.78. The maximum absolute atomic E-state index is 11.0. The van der Waals surface area contributed by atoms with Crippen LogP contribution in [0.25, 0.3) is 0 Å². The van der Waals surface area contributed by atoms with Crippen molar-refractivity contribution in [2.24, 2.45) is 0 Å². The minimum absolute atomic E-state index is 0.0629. The molecule has 0 radical (unpaired) electrons. The molecule has 112 valence electrons. The molecule has 1 aromatic heterocycles. The first-order valence-corrected chi connectivity index (χ1v) is 7.69. The van der Waals surface area contributed by atoms with Crippen LogP contribution >= 0.6 is 11.3 Å². The van der Waals surface area contributed by atoms with Gasteiger partial charge in [-0.3, -0.25) is 9.69 Å². The molecule has 20 heavy (non-hydrogen) atoms. The zero-order valence-corrected chi connectivity index (χ0v) is 13.1. The maximum atomic E-state index is 11.0. The van der Waals surface area contributed by atoms with E-state index in [2.05, 4.69) is 25.7 Å². The van der Waals surface area contributed by atoms with Crippen LogP contribution in [0.5, 0.6) is 0 Å². The van der Waals surface area contributed by atoms with Gasteiger partial charge in [0.25, 0.3) is 0 Å². The minimum atomic E-state index is -0.794. The fraction of sp³-hybridized carbons (Fsp3) is 0.714. The van der Waals surface area contributed by atoms with E-state index in [4.69, 9.17) is 14.8 Å². The predicted molar refractivity (Wildman–Crippen MR) is 78.2 cm³/mol. The molecule has 1 N–H and O–H groups in total. The van der Waals surface area contributed by atoms with Gasteiger partial charge in [-0.2, -0.15) is 0 Å². The highest BCUT2D eigenvalue weighted by molar-refractivity contribution is 7.11. The Morgan fingerprint density at radius 2 is 2.05 bits per heavy atom. The van der Waals surface area contributed by atoms with E-state index in [-0.39, 0.29) is 11.8 Å². The number of carboxylic acid groups (broad SMARTS) is 1. The van der Waals surface area contributed by atoms with E-state index in [0.717, 1.165) is 48.4 Å². The van der Waals surface area contributed by atoms with Crippen LogP contribution in [-0.2, 0) is 27.9 Å². The van der Waals surface area contributed by atoms with Gasteiger partial charge >= 0.3 is 5.97 Å². The van der Waals surface area contributed by atoms with Crippen molar-refractivity contribution in [3.05, 3.63) is 15.6 Å². The van der Waals surface area contributed by atoms with Crippen molar-refractivity contribution < 1.29 is 14.6 Å². The van der Waals surface area contributed by atoms with Crippen molar-refractivity contribution in [3.63, 3.8) is 0 Å². The summed E-state index contributed by atoms with van der Waals surface area (Å²) in [5.41, 5.74) is 0.804. The standard InChI is InChI=1S/C14H22N2O3S/c1-14(2,3)13-10(8-12(17)18)20-11(15-13)9-16-4-6-19-7-5-16/h4-9H2,1-3H3,(H,17,18). The van der Waals surface area contributed by atoms with E-state index in [9.17, 15) is 4.79 Å². The van der Waals surface area contributed by atoms with Crippen molar-refractivity contribution in [3.8, 4) is 0 Å². The van der Waals surface area contributed by atoms with Gasteiger partial charge in [-0.15, -0.1) is 11.3 Å². The van der Waals surface area contributed by atoms with E-state index in [1.807, 2.05) is 0 Å². The Balaban J connectivity index is 2.17. The molecule has 1 aliphatic rings. The summed E-state index contributed by atoms with van der Waals surface area (Å²) >= 11 is 1.53. The SMILES string of the molecule is CC(C)(C)c1nc(CN2CCOCC2)sc1CC(=O)O. The molecule has 2 rings (SSSR count). The van der Waals surface area contributed by atoms with Crippen LogP contribution in [0.1, 0.15) is 36.3 Å². The number of carboxylic acids is 1. The summed E-state index contributed by atoms with van der Waals surface area (Å²) in [5.74, 6) is -0.794. The van der Waals surface area contributed by atoms with Gasteiger partial charge < -0.3 is 9.84 Å². The number of hydrogen-bond donors (Lipinski definition) is 1. The lowest BCUT2D eigenvalue weighted by molar-refractivity contribution is -0.136. The number of hydrogen-bond acceptors (Lipinski definition) is 5. The molecule has 0 aliphatic carbocycles. The summed E-state index contributed by atoms with van der Waals surface area (Å²) in [6.45, 7) is 10.4. The molecule has 0 aromatic carbocycles. The van der Waals surface area contributed by atoms with Crippen LogP contribution < -0.4 is 0 Å². The minimum Gasteiger partial charge on any atom is -0.481 e. The molecule has 1 aliphatic heterocycles. The third-order valence-corrected chi connectivity index (χ3v) is 4.27. The molecule has 0 spiro atoms. The molecular weight excluding hydrogens is 276 g/mol. The number of thiazole rings is 1. The summed E-state index contributed by atoms with van der Waals surface area (Å²) in [5, 5.41) is 10.0. The van der Waals surface area contributed by atoms with Crippen LogP contribution in [0.15, 0.2) is 0 Å². The smallest absolute Gasteiger partial charge is 0.308 e. The second kappa shape index (κ2) is 6.20. The largest absolute Gasteiger partial charge is 0.481 e. The molecule has 1 saturated heterocycles. The van der Waals surface area contributed by atoms with E-state index >= 15 is 0 Å². The van der Waals surface area contributed by atoms with E-state index in [1.54, 1.807) is 0 Å². The topological polar surface area (TPSA) is 62.7 Å². The molecule has 5 nitrogen and oxygen atoms in total. The number of nitrogens with zero attached hydrogens (tertiary/aromatic N) is 2. The third-order valence-electron chi connectivity index (χ3n) is 3.23. The van der Waals surface area contributed by atoms with Crippen LogP contribution in [0.2, 0.25) is 0 Å². The molecule has 0 amide bonds. The summed E-state index contributed by atoms with van der Waals surface area (Å²) < 4.78 is 5.34. The van der Waals surface area contributed by atoms with Gasteiger partial charge in [-0.25, -0.2) is 4.98 Å². The van der Waals surface area contributed by atoms with Crippen molar-refractivity contribution in [1.29, 1.82) is 0 Å². The molecule has 1 fully saturated rings. The molecule has 1 aromatic rings. The van der Waals surface area contributed by atoms with Gasteiger partial charge in [-0.1, -0.05) is 20.8 Å². The van der Waals surface area contributed by atoms with Gasteiger partial charge in [0.15, 0.2) is 0 Å². The number of morpholine rings is 1. The lowest BCUT2D eigenvalue weighted by atomic mass is 9.91. The molecule has 0 unspecified atom stereocenters. The monoisotopic (exact) mass is 298 g/mol. The highest BCUT2D eigenvalue weighted by atomic mass is 32.1. The molecule has 0 atom stereocenters. The summed E-state index contributed by atoms with van der Waals surface area (Å²) in [4.78, 5) is 18.9. The average molecular weight is 298 g/mol. The fourth-order valence-corrected chi connectivity index (χ4v) is 3.57. The highest BCUT2D eigenvalue weighted by Gasteiger charge is 2.25. The predicted octanol–water partition coefficient (Wildman–Crippen LogP) is 1.90. The second-order valence-corrected chi connectivity index (χ2v) is 7.26. The number of carbonyl (C=O) groups is 1. The zero-order chi connectivity index (χ0) is 14.8. The van der Waals surface area contributed by atoms with Crippen LogP contribution in [0.4, 0.5) is 0 Å². The lowest BCUT2D eigenvalue weighted by Gasteiger charge is -2.25. The van der Waals surface area contributed by atoms with E-state index in [1.165, 1.54) is 11.3 Å². The molecule has 2 heterocycles. The first kappa shape index (κ1) is 15.4. The van der Waals surface area contributed by atoms with Crippen molar-refractivity contribution >= 4 is 17.3 Å². The molecule has 0 saturated carbocycles. The van der Waals surface area contributed by atoms with Crippen LogP contribution in [0, 0.1) is 0 Å². The Hall–Kier alpha value is -0.980. The first-order valence-electron chi connectivity index (χ1n) is 6.87. The normalized spacial score (nSPS) is 17.4. The second-order valence-electron chi connectivity index (χ2n) is 6.09. The van der Waals surface area contributed by atoms with Gasteiger partial charge in [0.2, 0.25) is 0 Å². The van der Waals surface area contributed by atoms with Crippen molar-refractivity contribution in [1.82, 2.24) is 9.88 Å². The van der Waals surface area contributed by atoms with Gasteiger partial charge in [0, 0.05) is 23.4 Å². The maximum Gasteiger partial charge on any atom is 0.308 e.